The average Bonchev–Trinajstić information content (AvgIpc) is 2.81. The van der Waals surface area contributed by atoms with Gasteiger partial charge in [0.2, 0.25) is 0 Å². The predicted molar refractivity (Wildman–Crippen MR) is 140 cm³/mol. The zero-order valence-electron chi connectivity index (χ0n) is 21.2. The molecule has 0 aliphatic carbocycles. The van der Waals surface area contributed by atoms with Crippen molar-refractivity contribution in [3.63, 3.8) is 0 Å². The van der Waals surface area contributed by atoms with Crippen molar-refractivity contribution in [3.8, 4) is 11.5 Å². The first-order valence-electron chi connectivity index (χ1n) is 11.6. The Kier molecular flexibility index (Phi) is 9.14. The second kappa shape index (κ2) is 11.9. The maximum Gasteiger partial charge on any atom is 0.410 e. The molecule has 0 spiro atoms. The van der Waals surface area contributed by atoms with E-state index in [0.717, 1.165) is 16.7 Å². The van der Waals surface area contributed by atoms with Gasteiger partial charge in [-0.2, -0.15) is 0 Å². The van der Waals surface area contributed by atoms with Crippen molar-refractivity contribution < 1.29 is 28.5 Å². The molecule has 2 aromatic carbocycles. The van der Waals surface area contributed by atoms with Crippen LogP contribution in [0.5, 0.6) is 11.5 Å². The van der Waals surface area contributed by atoms with Crippen molar-refractivity contribution in [1.82, 2.24) is 4.90 Å². The molecule has 0 radical (unpaired) electrons. The first kappa shape index (κ1) is 27.7. The summed E-state index contributed by atoms with van der Waals surface area (Å²) in [5, 5.41) is 0.911. The number of benzene rings is 2. The van der Waals surface area contributed by atoms with Gasteiger partial charge < -0.3 is 23.8 Å². The van der Waals surface area contributed by atoms with E-state index in [-0.39, 0.29) is 13.2 Å². The average molecular weight is 536 g/mol. The van der Waals surface area contributed by atoms with Gasteiger partial charge in [0.05, 0.1) is 29.3 Å². The van der Waals surface area contributed by atoms with Gasteiger partial charge in [0, 0.05) is 6.54 Å². The highest BCUT2D eigenvalue weighted by Crippen LogP contribution is 2.34. The van der Waals surface area contributed by atoms with E-state index < -0.39 is 17.7 Å². The predicted octanol–water partition coefficient (Wildman–Crippen LogP) is 6.33. The standard InChI is InChI=1S/C27H31Cl2NO6/c1-17-14-22(28)24(23(29)15-17)35-13-12-34-19-8-6-18(7-9-19)20-10-11-30(16-21(20)25(31)33-5)26(32)36-27(2,3)4/h6-9,14-15H,10-13,16H2,1-5H3. The molecule has 0 bridgehead atoms. The van der Waals surface area contributed by atoms with Crippen LogP contribution in [0.25, 0.3) is 5.57 Å². The molecule has 0 saturated carbocycles. The molecule has 0 unspecified atom stereocenters. The van der Waals surface area contributed by atoms with E-state index in [1.807, 2.05) is 31.2 Å². The van der Waals surface area contributed by atoms with Crippen molar-refractivity contribution in [3.05, 3.63) is 63.1 Å². The number of methoxy groups -OCH3 is 1. The summed E-state index contributed by atoms with van der Waals surface area (Å²) in [7, 11) is 1.33. The molecule has 2 aromatic rings. The van der Waals surface area contributed by atoms with Crippen LogP contribution in [0.3, 0.4) is 0 Å². The lowest BCUT2D eigenvalue weighted by Gasteiger charge is -2.32. The van der Waals surface area contributed by atoms with Crippen LogP contribution in [0.2, 0.25) is 10.0 Å². The molecule has 7 nitrogen and oxygen atoms in total. The van der Waals surface area contributed by atoms with Crippen LogP contribution in [0.4, 0.5) is 4.79 Å². The third-order valence-electron chi connectivity index (χ3n) is 5.37. The Morgan fingerprint density at radius 1 is 1.00 bits per heavy atom. The van der Waals surface area contributed by atoms with Crippen LogP contribution >= 0.6 is 23.2 Å². The van der Waals surface area contributed by atoms with Gasteiger partial charge in [-0.1, -0.05) is 35.3 Å². The van der Waals surface area contributed by atoms with Crippen LogP contribution in [0.1, 0.15) is 38.3 Å². The SMILES string of the molecule is COC(=O)C1=C(c2ccc(OCCOc3c(Cl)cc(C)cc3Cl)cc2)CCN(C(=O)OC(C)(C)C)C1. The minimum absolute atomic E-state index is 0.122. The first-order valence-corrected chi connectivity index (χ1v) is 12.3. The summed E-state index contributed by atoms with van der Waals surface area (Å²) in [4.78, 5) is 26.5. The molecule has 0 N–H and O–H groups in total. The molecule has 36 heavy (non-hydrogen) atoms. The van der Waals surface area contributed by atoms with E-state index in [4.69, 9.17) is 42.1 Å². The number of nitrogens with zero attached hydrogens (tertiary/aromatic N) is 1. The van der Waals surface area contributed by atoms with Crippen molar-refractivity contribution in [2.24, 2.45) is 0 Å². The van der Waals surface area contributed by atoms with E-state index >= 15 is 0 Å². The fourth-order valence-electron chi connectivity index (χ4n) is 3.75. The third kappa shape index (κ3) is 7.31. The lowest BCUT2D eigenvalue weighted by Crippen LogP contribution is -2.41. The smallest absolute Gasteiger partial charge is 0.410 e. The molecular weight excluding hydrogens is 505 g/mol. The largest absolute Gasteiger partial charge is 0.490 e. The Balaban J connectivity index is 1.64. The van der Waals surface area contributed by atoms with E-state index in [1.165, 1.54) is 12.0 Å². The summed E-state index contributed by atoms with van der Waals surface area (Å²) in [6.45, 7) is 8.44. The van der Waals surface area contributed by atoms with E-state index in [0.29, 0.717) is 46.7 Å². The molecule has 9 heteroatoms. The molecule has 0 aromatic heterocycles. The number of amides is 1. The zero-order chi connectivity index (χ0) is 26.5. The molecule has 0 atom stereocenters. The number of carbonyl (C=O) groups is 2. The van der Waals surface area contributed by atoms with Crippen LogP contribution in [-0.2, 0) is 14.3 Å². The Morgan fingerprint density at radius 3 is 2.19 bits per heavy atom. The van der Waals surface area contributed by atoms with Gasteiger partial charge in [-0.15, -0.1) is 0 Å². The van der Waals surface area contributed by atoms with Crippen molar-refractivity contribution in [2.75, 3.05) is 33.4 Å². The first-order chi connectivity index (χ1) is 17.0. The second-order valence-electron chi connectivity index (χ2n) is 9.38. The summed E-state index contributed by atoms with van der Waals surface area (Å²) in [6.07, 6.45) is 0.0395. The highest BCUT2D eigenvalue weighted by molar-refractivity contribution is 6.37. The number of rotatable bonds is 7. The summed E-state index contributed by atoms with van der Waals surface area (Å²) in [6, 6.07) is 11.0. The van der Waals surface area contributed by atoms with Gasteiger partial charge in [-0.05, 0) is 75.1 Å². The summed E-state index contributed by atoms with van der Waals surface area (Å²) >= 11 is 12.4. The Hall–Kier alpha value is -2.90. The Bertz CT molecular complexity index is 1110. The number of halogens is 2. The van der Waals surface area contributed by atoms with Gasteiger partial charge in [0.15, 0.2) is 5.75 Å². The van der Waals surface area contributed by atoms with Crippen molar-refractivity contribution >= 4 is 40.8 Å². The minimum Gasteiger partial charge on any atom is -0.490 e. The normalized spacial score (nSPS) is 13.9. The quantitative estimate of drug-likeness (QED) is 0.304. The van der Waals surface area contributed by atoms with E-state index in [1.54, 1.807) is 32.9 Å². The van der Waals surface area contributed by atoms with Gasteiger partial charge >= 0.3 is 12.1 Å². The lowest BCUT2D eigenvalue weighted by atomic mass is 9.93. The van der Waals surface area contributed by atoms with E-state index in [9.17, 15) is 9.59 Å². The fourth-order valence-corrected chi connectivity index (χ4v) is 4.46. The highest BCUT2D eigenvalue weighted by Gasteiger charge is 2.30. The van der Waals surface area contributed by atoms with Gasteiger partial charge in [-0.3, -0.25) is 0 Å². The van der Waals surface area contributed by atoms with Gasteiger partial charge in [0.1, 0.15) is 24.6 Å². The summed E-state index contributed by atoms with van der Waals surface area (Å²) < 4.78 is 21.9. The van der Waals surface area contributed by atoms with Crippen molar-refractivity contribution in [1.29, 1.82) is 0 Å². The number of carbonyl (C=O) groups excluding carboxylic acids is 2. The monoisotopic (exact) mass is 535 g/mol. The zero-order valence-corrected chi connectivity index (χ0v) is 22.7. The van der Waals surface area contributed by atoms with Gasteiger partial charge in [0.25, 0.3) is 0 Å². The fraction of sp³-hybridized carbons (Fsp3) is 0.407. The lowest BCUT2D eigenvalue weighted by molar-refractivity contribution is -0.136. The Labute approximate surface area is 221 Å². The molecule has 1 heterocycles. The highest BCUT2D eigenvalue weighted by atomic mass is 35.5. The minimum atomic E-state index is -0.619. The van der Waals surface area contributed by atoms with Crippen LogP contribution in [0.15, 0.2) is 42.0 Å². The maximum atomic E-state index is 12.5. The second-order valence-corrected chi connectivity index (χ2v) is 10.2. The molecule has 0 saturated heterocycles. The molecule has 0 fully saturated rings. The number of ether oxygens (including phenoxy) is 4. The van der Waals surface area contributed by atoms with Crippen molar-refractivity contribution in [2.45, 2.75) is 39.7 Å². The number of hydrogen-bond acceptors (Lipinski definition) is 6. The topological polar surface area (TPSA) is 74.3 Å². The number of esters is 1. The molecule has 3 rings (SSSR count). The molecule has 1 aliphatic heterocycles. The van der Waals surface area contributed by atoms with Crippen LogP contribution in [-0.4, -0.2) is 56.0 Å². The molecule has 1 amide bonds. The van der Waals surface area contributed by atoms with E-state index in [2.05, 4.69) is 0 Å². The Morgan fingerprint density at radius 2 is 1.61 bits per heavy atom. The maximum absolute atomic E-state index is 12.5. The summed E-state index contributed by atoms with van der Waals surface area (Å²) in [5.74, 6) is 0.613. The molecular formula is C27H31Cl2NO6. The van der Waals surface area contributed by atoms with Crippen LogP contribution < -0.4 is 9.47 Å². The number of hydrogen-bond donors (Lipinski definition) is 0. The molecule has 1 aliphatic rings. The van der Waals surface area contributed by atoms with Crippen LogP contribution in [0, 0.1) is 6.92 Å². The van der Waals surface area contributed by atoms with Gasteiger partial charge in [-0.25, -0.2) is 9.59 Å². The molecule has 194 valence electrons. The number of aryl methyl sites for hydroxylation is 1. The summed E-state index contributed by atoms with van der Waals surface area (Å²) in [5.41, 5.74) is 2.46. The third-order valence-corrected chi connectivity index (χ3v) is 5.93.